The summed E-state index contributed by atoms with van der Waals surface area (Å²) in [6.07, 6.45) is 4.13. The molecule has 2 aliphatic rings. The summed E-state index contributed by atoms with van der Waals surface area (Å²) in [6, 6.07) is 0.425. The zero-order valence-electron chi connectivity index (χ0n) is 7.23. The summed E-state index contributed by atoms with van der Waals surface area (Å²) in [5.41, 5.74) is 6.70. The lowest BCUT2D eigenvalue weighted by atomic mass is 9.78. The Morgan fingerprint density at radius 1 is 1.45 bits per heavy atom. The standard InChI is InChI=1S/C9H16IN/c1-8-4-3-6(5-8)9(2,10)7(8)11/h6-7H,3-5,11H2,1-2H3/t6-,7?,8-,9-/m1/s1. The fourth-order valence-corrected chi connectivity index (χ4v) is 4.25. The molecule has 1 unspecified atom stereocenters. The van der Waals surface area contributed by atoms with Crippen molar-refractivity contribution in [2.24, 2.45) is 17.1 Å². The molecule has 2 aliphatic carbocycles. The second kappa shape index (κ2) is 2.13. The SMILES string of the molecule is C[C@@]12CC[C@H](C1)[C@@](C)(I)C2N. The third-order valence-electron chi connectivity index (χ3n) is 3.93. The number of alkyl halides is 1. The van der Waals surface area contributed by atoms with Crippen LogP contribution in [0.5, 0.6) is 0 Å². The van der Waals surface area contributed by atoms with Crippen molar-refractivity contribution in [3.63, 3.8) is 0 Å². The van der Waals surface area contributed by atoms with Crippen LogP contribution in [0.1, 0.15) is 33.1 Å². The summed E-state index contributed by atoms with van der Waals surface area (Å²) < 4.78 is 0.380. The van der Waals surface area contributed by atoms with E-state index in [0.717, 1.165) is 5.92 Å². The monoisotopic (exact) mass is 265 g/mol. The van der Waals surface area contributed by atoms with Crippen LogP contribution < -0.4 is 5.73 Å². The molecule has 2 fully saturated rings. The highest BCUT2D eigenvalue weighted by Gasteiger charge is 2.58. The van der Waals surface area contributed by atoms with Crippen molar-refractivity contribution >= 4 is 22.6 Å². The Balaban J connectivity index is 2.34. The summed E-state index contributed by atoms with van der Waals surface area (Å²) in [7, 11) is 0. The lowest BCUT2D eigenvalue weighted by Crippen LogP contribution is -2.49. The van der Waals surface area contributed by atoms with Crippen LogP contribution in [0.2, 0.25) is 0 Å². The van der Waals surface area contributed by atoms with Crippen molar-refractivity contribution in [3.05, 3.63) is 0 Å². The van der Waals surface area contributed by atoms with Gasteiger partial charge in [-0.3, -0.25) is 0 Å². The first-order valence-electron chi connectivity index (χ1n) is 4.41. The largest absolute Gasteiger partial charge is 0.326 e. The summed E-state index contributed by atoms with van der Waals surface area (Å²) >= 11 is 2.57. The molecular weight excluding hydrogens is 249 g/mol. The van der Waals surface area contributed by atoms with Crippen molar-refractivity contribution in [1.82, 2.24) is 0 Å². The van der Waals surface area contributed by atoms with E-state index in [9.17, 15) is 0 Å². The van der Waals surface area contributed by atoms with Gasteiger partial charge in [0.25, 0.3) is 0 Å². The summed E-state index contributed by atoms with van der Waals surface area (Å²) in [6.45, 7) is 4.69. The molecule has 2 heteroatoms. The van der Waals surface area contributed by atoms with Gasteiger partial charge in [0.15, 0.2) is 0 Å². The molecule has 2 saturated carbocycles. The van der Waals surface area contributed by atoms with Crippen molar-refractivity contribution in [1.29, 1.82) is 0 Å². The van der Waals surface area contributed by atoms with Gasteiger partial charge in [-0.25, -0.2) is 0 Å². The minimum absolute atomic E-state index is 0.380. The Bertz CT molecular complexity index is 185. The molecule has 0 spiro atoms. The molecule has 2 rings (SSSR count). The van der Waals surface area contributed by atoms with Crippen LogP contribution in [0, 0.1) is 11.3 Å². The van der Waals surface area contributed by atoms with E-state index in [1.54, 1.807) is 0 Å². The highest BCUT2D eigenvalue weighted by molar-refractivity contribution is 14.1. The smallest absolute Gasteiger partial charge is 0.0378 e. The maximum Gasteiger partial charge on any atom is 0.0378 e. The van der Waals surface area contributed by atoms with Gasteiger partial charge in [0, 0.05) is 9.46 Å². The van der Waals surface area contributed by atoms with Gasteiger partial charge in [-0.1, -0.05) is 29.5 Å². The van der Waals surface area contributed by atoms with Crippen molar-refractivity contribution < 1.29 is 0 Å². The number of nitrogens with two attached hydrogens (primary N) is 1. The average molecular weight is 265 g/mol. The first kappa shape index (κ1) is 8.30. The molecule has 64 valence electrons. The zero-order valence-corrected chi connectivity index (χ0v) is 9.39. The van der Waals surface area contributed by atoms with Crippen LogP contribution in [-0.4, -0.2) is 9.46 Å². The van der Waals surface area contributed by atoms with Crippen LogP contribution in [-0.2, 0) is 0 Å². The molecule has 0 aromatic carbocycles. The molecule has 11 heavy (non-hydrogen) atoms. The Morgan fingerprint density at radius 3 is 2.36 bits per heavy atom. The van der Waals surface area contributed by atoms with Gasteiger partial charge in [0.1, 0.15) is 0 Å². The van der Waals surface area contributed by atoms with Gasteiger partial charge in [-0.2, -0.15) is 0 Å². The van der Waals surface area contributed by atoms with E-state index in [2.05, 4.69) is 36.4 Å². The summed E-state index contributed by atoms with van der Waals surface area (Å²) in [5, 5.41) is 0. The molecule has 0 amide bonds. The van der Waals surface area contributed by atoms with E-state index in [1.165, 1.54) is 19.3 Å². The lowest BCUT2D eigenvalue weighted by molar-refractivity contribution is 0.258. The molecule has 0 radical (unpaired) electrons. The first-order valence-corrected chi connectivity index (χ1v) is 5.49. The Morgan fingerprint density at radius 2 is 2.09 bits per heavy atom. The predicted octanol–water partition coefficient (Wildman–Crippen LogP) is 2.33. The predicted molar refractivity (Wildman–Crippen MR) is 55.8 cm³/mol. The second-order valence-corrected chi connectivity index (χ2v) is 7.05. The fourth-order valence-electron chi connectivity index (χ4n) is 2.97. The zero-order chi connectivity index (χ0) is 8.28. The molecule has 0 aromatic heterocycles. The third-order valence-corrected chi connectivity index (χ3v) is 5.49. The van der Waals surface area contributed by atoms with Gasteiger partial charge in [-0.05, 0) is 37.5 Å². The van der Waals surface area contributed by atoms with E-state index >= 15 is 0 Å². The maximum atomic E-state index is 6.22. The highest BCUT2D eigenvalue weighted by atomic mass is 127. The van der Waals surface area contributed by atoms with Crippen LogP contribution in [0.3, 0.4) is 0 Å². The summed E-state index contributed by atoms with van der Waals surface area (Å²) in [4.78, 5) is 0. The van der Waals surface area contributed by atoms with Gasteiger partial charge in [-0.15, -0.1) is 0 Å². The van der Waals surface area contributed by atoms with E-state index < -0.39 is 0 Å². The minimum atomic E-state index is 0.380. The fraction of sp³-hybridized carbons (Fsp3) is 1.00. The van der Waals surface area contributed by atoms with Crippen molar-refractivity contribution in [2.45, 2.75) is 42.6 Å². The third kappa shape index (κ3) is 0.916. The number of hydrogen-bond acceptors (Lipinski definition) is 1. The van der Waals surface area contributed by atoms with Crippen LogP contribution >= 0.6 is 22.6 Å². The molecule has 2 N–H and O–H groups in total. The van der Waals surface area contributed by atoms with E-state index in [1.807, 2.05) is 0 Å². The second-order valence-electron chi connectivity index (χ2n) is 4.72. The molecule has 0 heterocycles. The maximum absolute atomic E-state index is 6.22. The molecule has 0 saturated heterocycles. The number of halogens is 1. The minimum Gasteiger partial charge on any atom is -0.326 e. The molecular formula is C9H16IN. The van der Waals surface area contributed by atoms with Crippen LogP contribution in [0.25, 0.3) is 0 Å². The van der Waals surface area contributed by atoms with E-state index in [0.29, 0.717) is 14.9 Å². The summed E-state index contributed by atoms with van der Waals surface area (Å²) in [5.74, 6) is 0.892. The van der Waals surface area contributed by atoms with E-state index in [-0.39, 0.29) is 0 Å². The molecule has 0 aromatic rings. The van der Waals surface area contributed by atoms with Gasteiger partial charge in [0.2, 0.25) is 0 Å². The Kier molecular flexibility index (Phi) is 1.61. The van der Waals surface area contributed by atoms with Crippen molar-refractivity contribution in [3.8, 4) is 0 Å². The molecule has 4 atom stereocenters. The van der Waals surface area contributed by atoms with Gasteiger partial charge < -0.3 is 5.73 Å². The topological polar surface area (TPSA) is 26.0 Å². The quantitative estimate of drug-likeness (QED) is 0.528. The number of rotatable bonds is 0. The Labute approximate surface area is 82.2 Å². The first-order chi connectivity index (χ1) is 4.97. The van der Waals surface area contributed by atoms with Crippen molar-refractivity contribution in [2.75, 3.05) is 0 Å². The van der Waals surface area contributed by atoms with Crippen LogP contribution in [0.15, 0.2) is 0 Å². The highest BCUT2D eigenvalue weighted by Crippen LogP contribution is 2.60. The molecule has 1 nitrogen and oxygen atoms in total. The Hall–Kier alpha value is 0.690. The lowest BCUT2D eigenvalue weighted by Gasteiger charge is -2.38. The number of hydrogen-bond donors (Lipinski definition) is 1. The normalized spacial score (nSPS) is 62.2. The number of fused-ring (bicyclic) bond motifs is 2. The van der Waals surface area contributed by atoms with Gasteiger partial charge >= 0.3 is 0 Å². The molecule has 2 bridgehead atoms. The average Bonchev–Trinajstić information content (AvgIpc) is 2.36. The van der Waals surface area contributed by atoms with Gasteiger partial charge in [0.05, 0.1) is 0 Å². The molecule has 0 aliphatic heterocycles. The van der Waals surface area contributed by atoms with E-state index in [4.69, 9.17) is 5.73 Å². The van der Waals surface area contributed by atoms with Crippen LogP contribution in [0.4, 0.5) is 0 Å².